The molecule has 0 N–H and O–H groups in total. The molecule has 0 aliphatic heterocycles. The number of hydrogen-bond acceptors (Lipinski definition) is 3. The third kappa shape index (κ3) is 4.86. The van der Waals surface area contributed by atoms with Crippen LogP contribution in [0.15, 0.2) is 67.3 Å². The largest absolute Gasteiger partial charge is 0.497 e. The van der Waals surface area contributed by atoms with E-state index in [-0.39, 0.29) is 6.10 Å². The maximum atomic E-state index is 6.31. The van der Waals surface area contributed by atoms with E-state index < -0.39 is 0 Å². The molecule has 4 nitrogen and oxygen atoms in total. The van der Waals surface area contributed by atoms with Gasteiger partial charge >= 0.3 is 0 Å². The standard InChI is InChI=1S/C21H24N2O2/c1-17-5-3-4-6-21(17)25-20(15-23-14-13-22-16-23)12-9-18-7-10-19(24-2)11-8-18/h3-8,10-11,13-14,16,20H,9,12,15H2,1-2H3. The van der Waals surface area contributed by atoms with Crippen LogP contribution in [-0.4, -0.2) is 22.8 Å². The fourth-order valence-corrected chi connectivity index (χ4v) is 2.81. The molecule has 4 heteroatoms. The van der Waals surface area contributed by atoms with Crippen molar-refractivity contribution in [2.24, 2.45) is 0 Å². The molecule has 0 radical (unpaired) electrons. The maximum Gasteiger partial charge on any atom is 0.122 e. The fourth-order valence-electron chi connectivity index (χ4n) is 2.81. The number of para-hydroxylation sites is 1. The molecule has 0 amide bonds. The van der Waals surface area contributed by atoms with Gasteiger partial charge in [0.05, 0.1) is 20.0 Å². The molecule has 1 heterocycles. The predicted octanol–water partition coefficient (Wildman–Crippen LogP) is 4.28. The molecule has 2 aromatic carbocycles. The Hall–Kier alpha value is -2.75. The second-order valence-corrected chi connectivity index (χ2v) is 6.15. The minimum Gasteiger partial charge on any atom is -0.497 e. The first-order valence-electron chi connectivity index (χ1n) is 8.55. The first kappa shape index (κ1) is 17.1. The summed E-state index contributed by atoms with van der Waals surface area (Å²) in [6, 6.07) is 16.4. The third-order valence-corrected chi connectivity index (χ3v) is 4.27. The Morgan fingerprint density at radius 3 is 2.56 bits per heavy atom. The summed E-state index contributed by atoms with van der Waals surface area (Å²) in [6.45, 7) is 2.86. The van der Waals surface area contributed by atoms with Crippen LogP contribution in [-0.2, 0) is 13.0 Å². The number of nitrogens with zero attached hydrogens (tertiary/aromatic N) is 2. The Labute approximate surface area is 149 Å². The zero-order chi connectivity index (χ0) is 17.5. The summed E-state index contributed by atoms with van der Waals surface area (Å²) >= 11 is 0. The van der Waals surface area contributed by atoms with Crippen LogP contribution in [0.5, 0.6) is 11.5 Å². The number of benzene rings is 2. The van der Waals surface area contributed by atoms with Crippen molar-refractivity contribution < 1.29 is 9.47 Å². The summed E-state index contributed by atoms with van der Waals surface area (Å²) in [4.78, 5) is 4.13. The van der Waals surface area contributed by atoms with E-state index in [0.29, 0.717) is 0 Å². The van der Waals surface area contributed by atoms with Gasteiger partial charge in [0, 0.05) is 12.4 Å². The highest BCUT2D eigenvalue weighted by molar-refractivity contribution is 5.32. The first-order valence-corrected chi connectivity index (χ1v) is 8.55. The van der Waals surface area contributed by atoms with Crippen LogP contribution in [0.25, 0.3) is 0 Å². The van der Waals surface area contributed by atoms with E-state index in [2.05, 4.69) is 34.7 Å². The Morgan fingerprint density at radius 1 is 1.08 bits per heavy atom. The van der Waals surface area contributed by atoms with Crippen LogP contribution in [0.3, 0.4) is 0 Å². The van der Waals surface area contributed by atoms with Crippen LogP contribution in [0, 0.1) is 6.92 Å². The highest BCUT2D eigenvalue weighted by Crippen LogP contribution is 2.21. The monoisotopic (exact) mass is 336 g/mol. The van der Waals surface area contributed by atoms with Gasteiger partial charge in [0.2, 0.25) is 0 Å². The van der Waals surface area contributed by atoms with Gasteiger partial charge in [0.1, 0.15) is 17.6 Å². The van der Waals surface area contributed by atoms with Crippen molar-refractivity contribution in [3.63, 3.8) is 0 Å². The quantitative estimate of drug-likeness (QED) is 0.616. The SMILES string of the molecule is COc1ccc(CCC(Cn2ccnc2)Oc2ccccc2C)cc1. The Kier molecular flexibility index (Phi) is 5.73. The van der Waals surface area contributed by atoms with Gasteiger partial charge in [-0.25, -0.2) is 4.98 Å². The number of hydrogen-bond donors (Lipinski definition) is 0. The van der Waals surface area contributed by atoms with Crippen molar-refractivity contribution in [3.05, 3.63) is 78.4 Å². The van der Waals surface area contributed by atoms with Gasteiger partial charge in [-0.3, -0.25) is 0 Å². The lowest BCUT2D eigenvalue weighted by atomic mass is 10.1. The van der Waals surface area contributed by atoms with E-state index in [1.165, 1.54) is 5.56 Å². The molecule has 0 aliphatic carbocycles. The normalized spacial score (nSPS) is 11.9. The number of methoxy groups -OCH3 is 1. The fraction of sp³-hybridized carbons (Fsp3) is 0.286. The number of aryl methyl sites for hydroxylation is 2. The van der Waals surface area contributed by atoms with Gasteiger partial charge in [-0.05, 0) is 49.1 Å². The average Bonchev–Trinajstić information content (AvgIpc) is 3.15. The van der Waals surface area contributed by atoms with Gasteiger partial charge < -0.3 is 14.0 Å². The molecule has 1 aromatic heterocycles. The van der Waals surface area contributed by atoms with E-state index in [4.69, 9.17) is 9.47 Å². The van der Waals surface area contributed by atoms with Gasteiger partial charge in [-0.15, -0.1) is 0 Å². The van der Waals surface area contributed by atoms with E-state index in [1.54, 1.807) is 13.3 Å². The lowest BCUT2D eigenvalue weighted by Crippen LogP contribution is -2.24. The van der Waals surface area contributed by atoms with Crippen molar-refractivity contribution in [2.75, 3.05) is 7.11 Å². The van der Waals surface area contributed by atoms with Crippen LogP contribution >= 0.6 is 0 Å². The number of rotatable bonds is 8. The molecule has 130 valence electrons. The number of imidazole rings is 1. The van der Waals surface area contributed by atoms with E-state index >= 15 is 0 Å². The molecule has 0 saturated carbocycles. The highest BCUT2D eigenvalue weighted by Gasteiger charge is 2.13. The van der Waals surface area contributed by atoms with Crippen LogP contribution in [0.2, 0.25) is 0 Å². The summed E-state index contributed by atoms with van der Waals surface area (Å²) in [5.74, 6) is 1.83. The van der Waals surface area contributed by atoms with Crippen LogP contribution in [0.4, 0.5) is 0 Å². The van der Waals surface area contributed by atoms with Crippen LogP contribution in [0.1, 0.15) is 17.5 Å². The molecule has 0 bridgehead atoms. The molecule has 0 aliphatic rings. The molecular weight excluding hydrogens is 312 g/mol. The first-order chi connectivity index (χ1) is 12.2. The predicted molar refractivity (Wildman–Crippen MR) is 99.1 cm³/mol. The number of ether oxygens (including phenoxy) is 2. The molecule has 25 heavy (non-hydrogen) atoms. The summed E-state index contributed by atoms with van der Waals surface area (Å²) in [6.07, 6.45) is 7.57. The second kappa shape index (κ2) is 8.38. The van der Waals surface area contributed by atoms with Gasteiger partial charge in [0.15, 0.2) is 0 Å². The average molecular weight is 336 g/mol. The zero-order valence-electron chi connectivity index (χ0n) is 14.8. The summed E-state index contributed by atoms with van der Waals surface area (Å²) < 4.78 is 13.6. The van der Waals surface area contributed by atoms with Crippen LogP contribution < -0.4 is 9.47 Å². The Morgan fingerprint density at radius 2 is 1.88 bits per heavy atom. The zero-order valence-corrected chi connectivity index (χ0v) is 14.8. The van der Waals surface area contributed by atoms with Gasteiger partial charge in [-0.2, -0.15) is 0 Å². The van der Waals surface area contributed by atoms with Crippen molar-refractivity contribution in [2.45, 2.75) is 32.4 Å². The third-order valence-electron chi connectivity index (χ3n) is 4.27. The lowest BCUT2D eigenvalue weighted by molar-refractivity contribution is 0.169. The Balaban J connectivity index is 1.68. The summed E-state index contributed by atoms with van der Waals surface area (Å²) in [7, 11) is 1.69. The second-order valence-electron chi connectivity index (χ2n) is 6.15. The molecular formula is C21H24N2O2. The molecule has 0 spiro atoms. The minimum atomic E-state index is 0.0809. The smallest absolute Gasteiger partial charge is 0.122 e. The topological polar surface area (TPSA) is 36.3 Å². The molecule has 0 saturated heterocycles. The van der Waals surface area contributed by atoms with Crippen molar-refractivity contribution >= 4 is 0 Å². The Bertz CT molecular complexity index is 767. The summed E-state index contributed by atoms with van der Waals surface area (Å²) in [5.41, 5.74) is 2.44. The van der Waals surface area contributed by atoms with Gasteiger partial charge in [0.25, 0.3) is 0 Å². The summed E-state index contributed by atoms with van der Waals surface area (Å²) in [5, 5.41) is 0. The van der Waals surface area contributed by atoms with Crippen molar-refractivity contribution in [1.82, 2.24) is 9.55 Å². The van der Waals surface area contributed by atoms with Crippen molar-refractivity contribution in [3.8, 4) is 11.5 Å². The minimum absolute atomic E-state index is 0.0809. The molecule has 3 rings (SSSR count). The van der Waals surface area contributed by atoms with E-state index in [1.807, 2.05) is 42.9 Å². The highest BCUT2D eigenvalue weighted by atomic mass is 16.5. The molecule has 1 unspecified atom stereocenters. The van der Waals surface area contributed by atoms with E-state index in [0.717, 1.165) is 36.4 Å². The number of aromatic nitrogens is 2. The lowest BCUT2D eigenvalue weighted by Gasteiger charge is -2.21. The van der Waals surface area contributed by atoms with Crippen molar-refractivity contribution in [1.29, 1.82) is 0 Å². The van der Waals surface area contributed by atoms with Gasteiger partial charge in [-0.1, -0.05) is 30.3 Å². The molecule has 0 fully saturated rings. The van der Waals surface area contributed by atoms with E-state index in [9.17, 15) is 0 Å². The maximum absolute atomic E-state index is 6.31. The molecule has 1 atom stereocenters. The molecule has 3 aromatic rings.